The topological polar surface area (TPSA) is 63.4 Å². The minimum atomic E-state index is -3.51. The number of hydrogen-bond acceptors (Lipinski definition) is 4. The van der Waals surface area contributed by atoms with Crippen molar-refractivity contribution in [3.05, 3.63) is 11.5 Å². The molecular weight excluding hydrogens is 264 g/mol. The Bertz CT molecular complexity index is 531. The SMILES string of the molecule is Cc1noc(C)c1S(=O)(=O)N(C)[C@H]1CCCC[C@@H]1C. The molecule has 0 unspecified atom stereocenters. The van der Waals surface area contributed by atoms with E-state index in [0.717, 1.165) is 19.3 Å². The van der Waals surface area contributed by atoms with Gasteiger partial charge in [0.1, 0.15) is 10.6 Å². The Labute approximate surface area is 115 Å². The van der Waals surface area contributed by atoms with E-state index in [1.54, 1.807) is 20.9 Å². The second-order valence-electron chi connectivity index (χ2n) is 5.50. The Kier molecular flexibility index (Phi) is 4.01. The van der Waals surface area contributed by atoms with Crippen molar-refractivity contribution in [3.63, 3.8) is 0 Å². The molecule has 1 saturated carbocycles. The number of aryl methyl sites for hydroxylation is 2. The van der Waals surface area contributed by atoms with Gasteiger partial charge in [-0.1, -0.05) is 24.9 Å². The average molecular weight is 286 g/mol. The fourth-order valence-corrected chi connectivity index (χ4v) is 4.77. The zero-order valence-corrected chi connectivity index (χ0v) is 12.8. The third-order valence-corrected chi connectivity index (χ3v) is 6.27. The molecule has 2 atom stereocenters. The fraction of sp³-hybridized carbons (Fsp3) is 0.769. The number of hydrogen-bond donors (Lipinski definition) is 0. The molecule has 108 valence electrons. The van der Waals surface area contributed by atoms with Crippen molar-refractivity contribution in [1.82, 2.24) is 9.46 Å². The maximum atomic E-state index is 12.7. The van der Waals surface area contributed by atoms with Crippen LogP contribution in [-0.4, -0.2) is 31.0 Å². The van der Waals surface area contributed by atoms with E-state index in [-0.39, 0.29) is 10.9 Å². The molecule has 0 radical (unpaired) electrons. The van der Waals surface area contributed by atoms with Crippen LogP contribution in [0.3, 0.4) is 0 Å². The van der Waals surface area contributed by atoms with Gasteiger partial charge in [-0.2, -0.15) is 4.31 Å². The molecular formula is C13H22N2O3S. The molecule has 2 rings (SSSR count). The number of sulfonamides is 1. The molecule has 0 saturated heterocycles. The zero-order valence-electron chi connectivity index (χ0n) is 12.0. The van der Waals surface area contributed by atoms with Gasteiger partial charge in [0, 0.05) is 13.1 Å². The number of aromatic nitrogens is 1. The Morgan fingerprint density at radius 2 is 1.89 bits per heavy atom. The van der Waals surface area contributed by atoms with Crippen molar-refractivity contribution in [2.75, 3.05) is 7.05 Å². The first-order chi connectivity index (χ1) is 8.85. The van der Waals surface area contributed by atoms with Gasteiger partial charge in [0.25, 0.3) is 0 Å². The Morgan fingerprint density at radius 3 is 2.42 bits per heavy atom. The monoisotopic (exact) mass is 286 g/mol. The Balaban J connectivity index is 2.34. The van der Waals surface area contributed by atoms with E-state index in [0.29, 0.717) is 17.4 Å². The van der Waals surface area contributed by atoms with Gasteiger partial charge in [0.2, 0.25) is 10.0 Å². The Hall–Kier alpha value is -0.880. The first-order valence-corrected chi connectivity index (χ1v) is 8.20. The molecule has 1 aromatic rings. The molecule has 0 N–H and O–H groups in total. The van der Waals surface area contributed by atoms with Crippen LogP contribution in [0.15, 0.2) is 9.42 Å². The van der Waals surface area contributed by atoms with Crippen molar-refractivity contribution in [2.24, 2.45) is 5.92 Å². The Morgan fingerprint density at radius 1 is 1.26 bits per heavy atom. The van der Waals surface area contributed by atoms with Crippen LogP contribution in [0, 0.1) is 19.8 Å². The van der Waals surface area contributed by atoms with Gasteiger partial charge < -0.3 is 4.52 Å². The van der Waals surface area contributed by atoms with Crippen LogP contribution < -0.4 is 0 Å². The molecule has 0 bridgehead atoms. The highest BCUT2D eigenvalue weighted by molar-refractivity contribution is 7.89. The minimum Gasteiger partial charge on any atom is -0.360 e. The third kappa shape index (κ3) is 2.56. The highest BCUT2D eigenvalue weighted by Crippen LogP contribution is 2.32. The maximum Gasteiger partial charge on any atom is 0.248 e. The molecule has 0 aromatic carbocycles. The van der Waals surface area contributed by atoms with Gasteiger partial charge >= 0.3 is 0 Å². The van der Waals surface area contributed by atoms with Gasteiger partial charge in [0.05, 0.1) is 0 Å². The second-order valence-corrected chi connectivity index (χ2v) is 7.44. The van der Waals surface area contributed by atoms with Crippen LogP contribution in [-0.2, 0) is 10.0 Å². The van der Waals surface area contributed by atoms with Gasteiger partial charge in [-0.3, -0.25) is 0 Å². The van der Waals surface area contributed by atoms with E-state index in [1.807, 2.05) is 0 Å². The number of rotatable bonds is 3. The van der Waals surface area contributed by atoms with E-state index in [4.69, 9.17) is 4.52 Å². The summed E-state index contributed by atoms with van der Waals surface area (Å²) in [7, 11) is -1.84. The summed E-state index contributed by atoms with van der Waals surface area (Å²) in [5.41, 5.74) is 0.438. The van der Waals surface area contributed by atoms with Crippen molar-refractivity contribution in [1.29, 1.82) is 0 Å². The normalized spacial score (nSPS) is 24.9. The molecule has 1 aliphatic carbocycles. The first-order valence-electron chi connectivity index (χ1n) is 6.76. The van der Waals surface area contributed by atoms with Crippen LogP contribution in [0.5, 0.6) is 0 Å². The molecule has 5 nitrogen and oxygen atoms in total. The van der Waals surface area contributed by atoms with Crippen molar-refractivity contribution >= 4 is 10.0 Å². The van der Waals surface area contributed by atoms with Crippen LogP contribution in [0.4, 0.5) is 0 Å². The first kappa shape index (κ1) is 14.5. The lowest BCUT2D eigenvalue weighted by Gasteiger charge is -2.35. The van der Waals surface area contributed by atoms with Crippen LogP contribution in [0.1, 0.15) is 44.1 Å². The third-order valence-electron chi connectivity index (χ3n) is 4.14. The van der Waals surface area contributed by atoms with Crippen molar-refractivity contribution in [3.8, 4) is 0 Å². The molecule has 1 aromatic heterocycles. The van der Waals surface area contributed by atoms with E-state index in [9.17, 15) is 8.42 Å². The molecule has 0 spiro atoms. The lowest BCUT2D eigenvalue weighted by Crippen LogP contribution is -2.42. The quantitative estimate of drug-likeness (QED) is 0.856. The largest absolute Gasteiger partial charge is 0.360 e. The van der Waals surface area contributed by atoms with Gasteiger partial charge in [-0.15, -0.1) is 0 Å². The summed E-state index contributed by atoms with van der Waals surface area (Å²) in [5.74, 6) is 0.766. The number of nitrogens with zero attached hydrogens (tertiary/aromatic N) is 2. The molecule has 0 aliphatic heterocycles. The summed E-state index contributed by atoms with van der Waals surface area (Å²) in [4.78, 5) is 0.229. The molecule has 6 heteroatoms. The van der Waals surface area contributed by atoms with E-state index in [2.05, 4.69) is 12.1 Å². The average Bonchev–Trinajstić information content (AvgIpc) is 2.69. The maximum absolute atomic E-state index is 12.7. The smallest absolute Gasteiger partial charge is 0.248 e. The predicted octanol–water partition coefficient (Wildman–Crippen LogP) is 2.49. The van der Waals surface area contributed by atoms with Crippen LogP contribution >= 0.6 is 0 Å². The molecule has 1 heterocycles. The highest BCUT2D eigenvalue weighted by atomic mass is 32.2. The second kappa shape index (κ2) is 5.25. The van der Waals surface area contributed by atoms with E-state index < -0.39 is 10.0 Å². The van der Waals surface area contributed by atoms with Gasteiger partial charge in [-0.25, -0.2) is 8.42 Å². The predicted molar refractivity (Wildman–Crippen MR) is 72.3 cm³/mol. The lowest BCUT2D eigenvalue weighted by molar-refractivity contribution is 0.213. The minimum absolute atomic E-state index is 0.0763. The fourth-order valence-electron chi connectivity index (χ4n) is 3.00. The molecule has 19 heavy (non-hydrogen) atoms. The summed E-state index contributed by atoms with van der Waals surface area (Å²) >= 11 is 0. The van der Waals surface area contributed by atoms with E-state index >= 15 is 0 Å². The zero-order chi connectivity index (χ0) is 14.2. The summed E-state index contributed by atoms with van der Waals surface area (Å²) < 4.78 is 31.9. The van der Waals surface area contributed by atoms with Crippen molar-refractivity contribution < 1.29 is 12.9 Å². The molecule has 1 fully saturated rings. The van der Waals surface area contributed by atoms with Crippen molar-refractivity contribution in [2.45, 2.75) is 57.4 Å². The standard InChI is InChI=1S/C13H22N2O3S/c1-9-7-5-6-8-12(9)15(4)19(16,17)13-10(2)14-18-11(13)3/h9,12H,5-8H2,1-4H3/t9-,12-/m0/s1. The van der Waals surface area contributed by atoms with E-state index in [1.165, 1.54) is 10.7 Å². The molecule has 0 amide bonds. The van der Waals surface area contributed by atoms with Gasteiger partial charge in [-0.05, 0) is 32.6 Å². The van der Waals surface area contributed by atoms with Gasteiger partial charge in [0.15, 0.2) is 5.76 Å². The highest BCUT2D eigenvalue weighted by Gasteiger charge is 2.36. The summed E-state index contributed by atoms with van der Waals surface area (Å²) in [6, 6.07) is 0.0763. The summed E-state index contributed by atoms with van der Waals surface area (Å²) in [5, 5.41) is 3.75. The van der Waals surface area contributed by atoms with Crippen LogP contribution in [0.25, 0.3) is 0 Å². The lowest BCUT2D eigenvalue weighted by atomic mass is 9.86. The molecule has 1 aliphatic rings. The summed E-state index contributed by atoms with van der Waals surface area (Å²) in [6.07, 6.45) is 4.31. The summed E-state index contributed by atoms with van der Waals surface area (Å²) in [6.45, 7) is 5.44. The van der Waals surface area contributed by atoms with Crippen LogP contribution in [0.2, 0.25) is 0 Å².